The van der Waals surface area contributed by atoms with E-state index >= 15 is 0 Å². The summed E-state index contributed by atoms with van der Waals surface area (Å²) in [6.07, 6.45) is 0. The van der Waals surface area contributed by atoms with Crippen LogP contribution in [-0.4, -0.2) is 0 Å². The zero-order chi connectivity index (χ0) is 11.4. The Hall–Kier alpha value is -1.85. The summed E-state index contributed by atoms with van der Waals surface area (Å²) in [4.78, 5) is 0.943. The quantitative estimate of drug-likeness (QED) is 0.402. The molecule has 2 N–H and O–H groups in total. The molecule has 0 bridgehead atoms. The van der Waals surface area contributed by atoms with Crippen LogP contribution in [-0.2, 0) is 0 Å². The molecule has 0 spiro atoms. The Morgan fingerprint density at radius 1 is 0.750 bits per heavy atom. The van der Waals surface area contributed by atoms with Crippen molar-refractivity contribution in [3.8, 4) is 11.8 Å². The first-order chi connectivity index (χ1) is 7.74. The van der Waals surface area contributed by atoms with Crippen molar-refractivity contribution in [1.82, 2.24) is 0 Å². The highest BCUT2D eigenvalue weighted by atomic mass is 32.1. The van der Waals surface area contributed by atoms with Gasteiger partial charge in [0.15, 0.2) is 0 Å². The number of anilines is 1. The average Bonchev–Trinajstić information content (AvgIpc) is 2.30. The molecule has 0 radical (unpaired) electrons. The summed E-state index contributed by atoms with van der Waals surface area (Å²) < 4.78 is 0. The maximum Gasteiger partial charge on any atom is 0.0314 e. The van der Waals surface area contributed by atoms with Gasteiger partial charge in [-0.1, -0.05) is 11.8 Å². The number of hydrogen-bond acceptors (Lipinski definition) is 2. The van der Waals surface area contributed by atoms with E-state index in [1.54, 1.807) is 0 Å². The molecule has 0 aliphatic rings. The van der Waals surface area contributed by atoms with E-state index in [1.165, 1.54) is 0 Å². The molecule has 2 heteroatoms. The largest absolute Gasteiger partial charge is 0.399 e. The molecule has 0 fully saturated rings. The van der Waals surface area contributed by atoms with E-state index < -0.39 is 0 Å². The van der Waals surface area contributed by atoms with Gasteiger partial charge in [0.2, 0.25) is 0 Å². The minimum atomic E-state index is 0.755. The van der Waals surface area contributed by atoms with Gasteiger partial charge >= 0.3 is 0 Å². The lowest BCUT2D eigenvalue weighted by Gasteiger charge is -1.93. The van der Waals surface area contributed by atoms with Crippen LogP contribution in [0.25, 0.3) is 0 Å². The molecule has 0 atom stereocenters. The maximum atomic E-state index is 5.59. The van der Waals surface area contributed by atoms with E-state index in [9.17, 15) is 0 Å². The average molecular weight is 225 g/mol. The van der Waals surface area contributed by atoms with Crippen LogP contribution in [0.4, 0.5) is 5.69 Å². The normalized spacial score (nSPS) is 9.31. The molecule has 2 aromatic carbocycles. The predicted octanol–water partition coefficient (Wildman–Crippen LogP) is 2.96. The molecule has 0 saturated carbocycles. The molecule has 16 heavy (non-hydrogen) atoms. The van der Waals surface area contributed by atoms with E-state index in [2.05, 4.69) is 24.5 Å². The summed E-state index contributed by atoms with van der Waals surface area (Å²) >= 11 is 4.22. The third-order valence-corrected chi connectivity index (χ3v) is 2.43. The van der Waals surface area contributed by atoms with Gasteiger partial charge in [0.25, 0.3) is 0 Å². The van der Waals surface area contributed by atoms with E-state index in [-0.39, 0.29) is 0 Å². The predicted molar refractivity (Wildman–Crippen MR) is 70.5 cm³/mol. The number of thiol groups is 1. The molecule has 0 saturated heterocycles. The van der Waals surface area contributed by atoms with Crippen molar-refractivity contribution in [2.45, 2.75) is 4.90 Å². The van der Waals surface area contributed by atoms with Gasteiger partial charge in [-0.25, -0.2) is 0 Å². The minimum absolute atomic E-state index is 0.755. The number of rotatable bonds is 0. The fraction of sp³-hybridized carbons (Fsp3) is 0. The third kappa shape index (κ3) is 2.82. The molecule has 0 aliphatic carbocycles. The molecule has 0 amide bonds. The van der Waals surface area contributed by atoms with Gasteiger partial charge in [-0.2, -0.15) is 0 Å². The zero-order valence-corrected chi connectivity index (χ0v) is 9.54. The SMILES string of the molecule is Nc1ccc(C#Cc2ccc(S)cc2)cc1. The molecule has 1 nitrogen and oxygen atoms in total. The van der Waals surface area contributed by atoms with E-state index in [0.717, 1.165) is 21.7 Å². The van der Waals surface area contributed by atoms with Gasteiger partial charge in [-0.3, -0.25) is 0 Å². The molecular formula is C14H11NS. The van der Waals surface area contributed by atoms with Crippen LogP contribution in [0.1, 0.15) is 11.1 Å². The van der Waals surface area contributed by atoms with Crippen LogP contribution >= 0.6 is 12.6 Å². The van der Waals surface area contributed by atoms with Crippen molar-refractivity contribution >= 4 is 18.3 Å². The van der Waals surface area contributed by atoms with Crippen LogP contribution < -0.4 is 5.73 Å². The van der Waals surface area contributed by atoms with E-state index in [0.29, 0.717) is 0 Å². The van der Waals surface area contributed by atoms with E-state index in [1.807, 2.05) is 48.5 Å². The highest BCUT2D eigenvalue weighted by Gasteiger charge is 1.88. The summed E-state index contributed by atoms with van der Waals surface area (Å²) in [5, 5.41) is 0. The summed E-state index contributed by atoms with van der Waals surface area (Å²) in [6, 6.07) is 15.3. The fourth-order valence-electron chi connectivity index (χ4n) is 1.26. The Bertz CT molecular complexity index is 480. The fourth-order valence-corrected chi connectivity index (χ4v) is 1.40. The lowest BCUT2D eigenvalue weighted by atomic mass is 10.2. The van der Waals surface area contributed by atoms with Crippen molar-refractivity contribution in [1.29, 1.82) is 0 Å². The standard InChI is InChI=1S/C14H11NS/c15-13-7-3-11(4-8-13)1-2-12-5-9-14(16)10-6-12/h3-10,16H,15H2. The van der Waals surface area contributed by atoms with Crippen LogP contribution in [0.15, 0.2) is 53.4 Å². The highest BCUT2D eigenvalue weighted by Crippen LogP contribution is 2.07. The lowest BCUT2D eigenvalue weighted by molar-refractivity contribution is 1.46. The highest BCUT2D eigenvalue weighted by molar-refractivity contribution is 7.80. The summed E-state index contributed by atoms with van der Waals surface area (Å²) in [7, 11) is 0. The molecule has 0 unspecified atom stereocenters. The number of benzene rings is 2. The molecule has 0 heterocycles. The van der Waals surface area contributed by atoms with Crippen molar-refractivity contribution in [2.24, 2.45) is 0 Å². The number of nitrogen functional groups attached to an aromatic ring is 1. The molecule has 2 rings (SSSR count). The Kier molecular flexibility index (Phi) is 3.19. The third-order valence-electron chi connectivity index (χ3n) is 2.13. The smallest absolute Gasteiger partial charge is 0.0314 e. The van der Waals surface area contributed by atoms with Gasteiger partial charge in [0, 0.05) is 21.7 Å². The van der Waals surface area contributed by atoms with Gasteiger partial charge in [0.1, 0.15) is 0 Å². The van der Waals surface area contributed by atoms with Crippen LogP contribution in [0.3, 0.4) is 0 Å². The molecule has 78 valence electrons. The van der Waals surface area contributed by atoms with Crippen molar-refractivity contribution < 1.29 is 0 Å². The van der Waals surface area contributed by atoms with Crippen LogP contribution in [0.5, 0.6) is 0 Å². The van der Waals surface area contributed by atoms with Crippen molar-refractivity contribution in [3.05, 3.63) is 59.7 Å². The maximum absolute atomic E-state index is 5.59. The second-order valence-electron chi connectivity index (χ2n) is 3.42. The van der Waals surface area contributed by atoms with Crippen molar-refractivity contribution in [2.75, 3.05) is 5.73 Å². The van der Waals surface area contributed by atoms with Crippen LogP contribution in [0.2, 0.25) is 0 Å². The second kappa shape index (κ2) is 4.78. The molecule has 0 aliphatic heterocycles. The topological polar surface area (TPSA) is 26.0 Å². The molecule has 2 aromatic rings. The van der Waals surface area contributed by atoms with Gasteiger partial charge < -0.3 is 5.73 Å². The number of nitrogens with two attached hydrogens (primary N) is 1. The first-order valence-corrected chi connectivity index (χ1v) is 5.35. The Morgan fingerprint density at radius 3 is 1.69 bits per heavy atom. The second-order valence-corrected chi connectivity index (χ2v) is 3.94. The van der Waals surface area contributed by atoms with E-state index in [4.69, 9.17) is 5.73 Å². The summed E-state index contributed by atoms with van der Waals surface area (Å²) in [5.41, 5.74) is 8.29. The van der Waals surface area contributed by atoms with Gasteiger partial charge in [-0.15, -0.1) is 12.6 Å². The Balaban J connectivity index is 2.21. The first-order valence-electron chi connectivity index (χ1n) is 4.91. The summed E-state index contributed by atoms with van der Waals surface area (Å²) in [5.74, 6) is 6.16. The van der Waals surface area contributed by atoms with Gasteiger partial charge in [-0.05, 0) is 48.5 Å². The number of hydrogen-bond donors (Lipinski definition) is 2. The first kappa shape index (κ1) is 10.7. The van der Waals surface area contributed by atoms with Crippen LogP contribution in [0, 0.1) is 11.8 Å². The Labute approximate surface area is 101 Å². The monoisotopic (exact) mass is 225 g/mol. The molecular weight excluding hydrogens is 214 g/mol. The molecule has 0 aromatic heterocycles. The van der Waals surface area contributed by atoms with Gasteiger partial charge in [0.05, 0.1) is 0 Å². The zero-order valence-electron chi connectivity index (χ0n) is 8.64. The lowest BCUT2D eigenvalue weighted by Crippen LogP contribution is -1.83. The summed E-state index contributed by atoms with van der Waals surface area (Å²) in [6.45, 7) is 0. The minimum Gasteiger partial charge on any atom is -0.399 e. The van der Waals surface area contributed by atoms with Crippen molar-refractivity contribution in [3.63, 3.8) is 0 Å². The Morgan fingerprint density at radius 2 is 1.19 bits per heavy atom.